The topological polar surface area (TPSA) is 56.8 Å². The van der Waals surface area contributed by atoms with E-state index in [4.69, 9.17) is 4.42 Å². The molecule has 144 valence electrons. The van der Waals surface area contributed by atoms with Gasteiger partial charge in [-0.25, -0.2) is 4.90 Å². The molecule has 1 aromatic rings. The second kappa shape index (κ2) is 6.17. The Balaban J connectivity index is 2.72. The number of furan rings is 1. The van der Waals surface area contributed by atoms with Crippen LogP contribution in [0.1, 0.15) is 38.4 Å². The summed E-state index contributed by atoms with van der Waals surface area (Å²) in [5.41, 5.74) is -7.72. The van der Waals surface area contributed by atoms with Crippen LogP contribution in [0.15, 0.2) is 22.8 Å². The van der Waals surface area contributed by atoms with Crippen molar-refractivity contribution in [3.8, 4) is 0 Å². The molecule has 0 amide bonds. The number of piperidine rings is 1. The Labute approximate surface area is 140 Å². The zero-order valence-corrected chi connectivity index (χ0v) is 13.5. The van der Waals surface area contributed by atoms with Gasteiger partial charge < -0.3 is 14.6 Å². The Morgan fingerprint density at radius 3 is 2.12 bits per heavy atom. The van der Waals surface area contributed by atoms with Gasteiger partial charge in [-0.05, 0) is 18.6 Å². The summed E-state index contributed by atoms with van der Waals surface area (Å²) < 4.78 is 86.9. The molecule has 0 spiro atoms. The number of aliphatic hydroxyl groups is 2. The molecule has 0 aromatic carbocycles. The standard InChI is InChI=1S/C15H19F6NO3/c1-3-10-9(11-6-5-7-25-11)8-12(23,14(16,17)18)22(4-2)13(10,24)15(19,20)21/h5-7,9-10,23-24H,3-4,8H2,1-2H3. The van der Waals surface area contributed by atoms with Crippen LogP contribution in [0.5, 0.6) is 0 Å². The third kappa shape index (κ3) is 2.83. The zero-order chi connectivity index (χ0) is 19.3. The highest BCUT2D eigenvalue weighted by Gasteiger charge is 2.75. The first-order valence-electron chi connectivity index (χ1n) is 7.73. The van der Waals surface area contributed by atoms with Gasteiger partial charge in [0.15, 0.2) is 0 Å². The van der Waals surface area contributed by atoms with Gasteiger partial charge in [-0.3, -0.25) is 0 Å². The van der Waals surface area contributed by atoms with Crippen molar-refractivity contribution in [2.45, 2.75) is 56.4 Å². The Kier molecular flexibility index (Phi) is 4.95. The molecule has 1 aliphatic rings. The van der Waals surface area contributed by atoms with Gasteiger partial charge in [0.1, 0.15) is 5.76 Å². The number of rotatable bonds is 3. The fraction of sp³-hybridized carbons (Fsp3) is 0.733. The van der Waals surface area contributed by atoms with Gasteiger partial charge in [0.2, 0.25) is 11.4 Å². The lowest BCUT2D eigenvalue weighted by Gasteiger charge is -2.58. The number of hydrogen-bond donors (Lipinski definition) is 2. The van der Waals surface area contributed by atoms with Crippen molar-refractivity contribution in [3.63, 3.8) is 0 Å². The normalized spacial score (nSPS) is 35.1. The Morgan fingerprint density at radius 1 is 1.16 bits per heavy atom. The summed E-state index contributed by atoms with van der Waals surface area (Å²) in [6.45, 7) is 1.50. The maximum atomic E-state index is 13.7. The van der Waals surface area contributed by atoms with Crippen LogP contribution in [-0.4, -0.2) is 45.5 Å². The van der Waals surface area contributed by atoms with Crippen LogP contribution in [0.2, 0.25) is 0 Å². The van der Waals surface area contributed by atoms with Gasteiger partial charge in [-0.2, -0.15) is 26.3 Å². The summed E-state index contributed by atoms with van der Waals surface area (Å²) in [7, 11) is 0. The third-order valence-corrected chi connectivity index (χ3v) is 4.90. The van der Waals surface area contributed by atoms with Crippen LogP contribution < -0.4 is 0 Å². The van der Waals surface area contributed by atoms with Gasteiger partial charge in [0.25, 0.3) is 0 Å². The largest absolute Gasteiger partial charge is 0.469 e. The smallest absolute Gasteiger partial charge is 0.431 e. The fourth-order valence-electron chi connectivity index (χ4n) is 3.83. The van der Waals surface area contributed by atoms with Crippen molar-refractivity contribution >= 4 is 0 Å². The first-order chi connectivity index (χ1) is 11.3. The molecule has 2 heterocycles. The molecule has 0 aliphatic carbocycles. The van der Waals surface area contributed by atoms with Crippen molar-refractivity contribution in [1.29, 1.82) is 0 Å². The lowest BCUT2D eigenvalue weighted by Crippen LogP contribution is -2.77. The average molecular weight is 375 g/mol. The van der Waals surface area contributed by atoms with Crippen LogP contribution in [0.4, 0.5) is 26.3 Å². The van der Waals surface area contributed by atoms with Crippen LogP contribution in [0, 0.1) is 5.92 Å². The van der Waals surface area contributed by atoms with Crippen LogP contribution in [0.3, 0.4) is 0 Å². The third-order valence-electron chi connectivity index (χ3n) is 4.90. The minimum atomic E-state index is -5.42. The molecule has 2 rings (SSSR count). The molecule has 1 fully saturated rings. The second-order valence-corrected chi connectivity index (χ2v) is 6.12. The SMILES string of the molecule is CCC1C(c2ccco2)CC(O)(C(F)(F)F)N(CC)C1(O)C(F)(F)F. The molecule has 1 saturated heterocycles. The van der Waals surface area contributed by atoms with Crippen molar-refractivity contribution in [2.75, 3.05) is 6.54 Å². The van der Waals surface area contributed by atoms with E-state index < -0.39 is 48.6 Å². The van der Waals surface area contributed by atoms with Crippen molar-refractivity contribution < 1.29 is 41.0 Å². The van der Waals surface area contributed by atoms with Gasteiger partial charge >= 0.3 is 12.4 Å². The molecule has 2 N–H and O–H groups in total. The predicted molar refractivity (Wildman–Crippen MR) is 74.2 cm³/mol. The van der Waals surface area contributed by atoms with E-state index in [2.05, 4.69) is 0 Å². The zero-order valence-electron chi connectivity index (χ0n) is 13.5. The molecule has 0 radical (unpaired) electrons. The maximum absolute atomic E-state index is 13.7. The van der Waals surface area contributed by atoms with Gasteiger partial charge in [0.05, 0.1) is 6.26 Å². The molecular formula is C15H19F6NO3. The van der Waals surface area contributed by atoms with Gasteiger partial charge in [-0.1, -0.05) is 13.8 Å². The van der Waals surface area contributed by atoms with E-state index in [1.807, 2.05) is 0 Å². The van der Waals surface area contributed by atoms with Crippen molar-refractivity contribution in [2.24, 2.45) is 5.92 Å². The highest BCUT2D eigenvalue weighted by molar-refractivity contribution is 5.17. The molecule has 10 heteroatoms. The summed E-state index contributed by atoms with van der Waals surface area (Å²) in [6, 6.07) is 2.57. The minimum absolute atomic E-state index is 0.145. The van der Waals surface area contributed by atoms with E-state index in [1.54, 1.807) is 0 Å². The number of nitrogens with zero attached hydrogens (tertiary/aromatic N) is 1. The summed E-state index contributed by atoms with van der Waals surface area (Å²) >= 11 is 0. The highest BCUT2D eigenvalue weighted by atomic mass is 19.4. The monoisotopic (exact) mass is 375 g/mol. The minimum Gasteiger partial charge on any atom is -0.469 e. The Morgan fingerprint density at radius 2 is 1.76 bits per heavy atom. The van der Waals surface area contributed by atoms with E-state index in [0.717, 1.165) is 13.2 Å². The molecule has 4 unspecified atom stereocenters. The van der Waals surface area contributed by atoms with E-state index in [0.29, 0.717) is 0 Å². The molecule has 1 aliphatic heterocycles. The fourth-order valence-corrected chi connectivity index (χ4v) is 3.83. The molecule has 4 atom stereocenters. The maximum Gasteiger partial charge on any atom is 0.431 e. The summed E-state index contributed by atoms with van der Waals surface area (Å²) in [5, 5.41) is 20.7. The van der Waals surface area contributed by atoms with E-state index >= 15 is 0 Å². The number of alkyl halides is 6. The lowest BCUT2D eigenvalue weighted by molar-refractivity contribution is -0.434. The molecule has 1 aromatic heterocycles. The summed E-state index contributed by atoms with van der Waals surface area (Å²) in [5.74, 6) is -3.27. The molecular weight excluding hydrogens is 356 g/mol. The van der Waals surface area contributed by atoms with E-state index in [-0.39, 0.29) is 17.1 Å². The van der Waals surface area contributed by atoms with Crippen molar-refractivity contribution in [3.05, 3.63) is 24.2 Å². The van der Waals surface area contributed by atoms with Crippen molar-refractivity contribution in [1.82, 2.24) is 4.90 Å². The van der Waals surface area contributed by atoms with Gasteiger partial charge in [0, 0.05) is 24.8 Å². The lowest BCUT2D eigenvalue weighted by atomic mass is 9.69. The summed E-state index contributed by atoms with van der Waals surface area (Å²) in [4.78, 5) is -0.298. The molecule has 4 nitrogen and oxygen atoms in total. The Hall–Kier alpha value is -1.26. The first-order valence-corrected chi connectivity index (χ1v) is 7.73. The number of likely N-dealkylation sites (tertiary alicyclic amines) is 1. The summed E-state index contributed by atoms with van der Waals surface area (Å²) in [6.07, 6.45) is -11.1. The average Bonchev–Trinajstić information content (AvgIpc) is 2.98. The van der Waals surface area contributed by atoms with E-state index in [9.17, 15) is 36.6 Å². The quantitative estimate of drug-likeness (QED) is 0.793. The van der Waals surface area contributed by atoms with Crippen LogP contribution in [-0.2, 0) is 0 Å². The number of hydrogen-bond acceptors (Lipinski definition) is 4. The van der Waals surface area contributed by atoms with Gasteiger partial charge in [-0.15, -0.1) is 0 Å². The predicted octanol–water partition coefficient (Wildman–Crippen LogP) is 3.62. The highest BCUT2D eigenvalue weighted by Crippen LogP contribution is 2.58. The van der Waals surface area contributed by atoms with Crippen LogP contribution in [0.25, 0.3) is 0 Å². The molecule has 0 saturated carbocycles. The molecule has 25 heavy (non-hydrogen) atoms. The van der Waals surface area contributed by atoms with Crippen LogP contribution >= 0.6 is 0 Å². The Bertz CT molecular complexity index is 587. The second-order valence-electron chi connectivity index (χ2n) is 6.12. The molecule has 0 bridgehead atoms. The van der Waals surface area contributed by atoms with E-state index in [1.165, 1.54) is 19.1 Å². The number of halogens is 6. The first kappa shape index (κ1) is 20.1.